The van der Waals surface area contributed by atoms with Crippen LogP contribution in [0.1, 0.15) is 17.3 Å². The van der Waals surface area contributed by atoms with Gasteiger partial charge >= 0.3 is 0 Å². The van der Waals surface area contributed by atoms with E-state index >= 15 is 0 Å². The van der Waals surface area contributed by atoms with Gasteiger partial charge in [-0.1, -0.05) is 6.92 Å². The summed E-state index contributed by atoms with van der Waals surface area (Å²) in [6.45, 7) is 2.69. The van der Waals surface area contributed by atoms with E-state index in [0.717, 1.165) is 0 Å². The van der Waals surface area contributed by atoms with Gasteiger partial charge in [0.1, 0.15) is 5.75 Å². The van der Waals surface area contributed by atoms with Gasteiger partial charge in [-0.3, -0.25) is 4.79 Å². The molecule has 0 aliphatic carbocycles. The van der Waals surface area contributed by atoms with Crippen molar-refractivity contribution in [2.24, 2.45) is 0 Å². The fourth-order valence-electron chi connectivity index (χ4n) is 1.29. The molecule has 0 aliphatic heterocycles. The number of rotatable bonds is 5. The number of nitrogen functional groups attached to an aromatic ring is 1. The summed E-state index contributed by atoms with van der Waals surface area (Å²) < 4.78 is 5.03. The summed E-state index contributed by atoms with van der Waals surface area (Å²) >= 11 is 1.71. The van der Waals surface area contributed by atoms with E-state index in [1.165, 1.54) is 0 Å². The molecule has 5 heteroatoms. The van der Waals surface area contributed by atoms with E-state index in [0.29, 0.717) is 28.8 Å². The van der Waals surface area contributed by atoms with E-state index < -0.39 is 0 Å². The molecule has 0 aromatic heterocycles. The van der Waals surface area contributed by atoms with Crippen LogP contribution in [0.4, 0.5) is 5.69 Å². The van der Waals surface area contributed by atoms with Gasteiger partial charge in [0.15, 0.2) is 0 Å². The molecule has 0 spiro atoms. The molecule has 4 nitrogen and oxygen atoms in total. The summed E-state index contributed by atoms with van der Waals surface area (Å²) in [5.74, 6) is 0.502. The number of amides is 1. The van der Waals surface area contributed by atoms with Gasteiger partial charge in [0.05, 0.1) is 12.7 Å². The van der Waals surface area contributed by atoms with Crippen LogP contribution in [0.2, 0.25) is 0 Å². The lowest BCUT2D eigenvalue weighted by Gasteiger charge is -2.11. The minimum atomic E-state index is -0.147. The number of hydrogen-bond donors (Lipinski definition) is 2. The Morgan fingerprint density at radius 3 is 2.82 bits per heavy atom. The van der Waals surface area contributed by atoms with Crippen LogP contribution in [0.5, 0.6) is 5.75 Å². The maximum Gasteiger partial charge on any atom is 0.253 e. The van der Waals surface area contributed by atoms with Crippen molar-refractivity contribution in [1.29, 1.82) is 0 Å². The van der Waals surface area contributed by atoms with Gasteiger partial charge in [-0.25, -0.2) is 0 Å². The molecule has 0 saturated heterocycles. The van der Waals surface area contributed by atoms with Crippen molar-refractivity contribution in [1.82, 2.24) is 5.32 Å². The molecule has 1 aromatic rings. The Hall–Kier alpha value is -1.36. The zero-order valence-corrected chi connectivity index (χ0v) is 11.1. The van der Waals surface area contributed by atoms with Crippen LogP contribution in [0, 0.1) is 0 Å². The predicted molar refractivity (Wildman–Crippen MR) is 72.7 cm³/mol. The van der Waals surface area contributed by atoms with Crippen molar-refractivity contribution in [2.75, 3.05) is 25.6 Å². The number of thioether (sulfide) groups is 1. The van der Waals surface area contributed by atoms with E-state index in [1.54, 1.807) is 37.1 Å². The minimum Gasteiger partial charge on any atom is -0.497 e. The van der Waals surface area contributed by atoms with E-state index in [1.807, 2.05) is 6.26 Å². The Morgan fingerprint density at radius 1 is 1.59 bits per heavy atom. The summed E-state index contributed by atoms with van der Waals surface area (Å²) in [4.78, 5) is 11.8. The van der Waals surface area contributed by atoms with Crippen molar-refractivity contribution in [3.05, 3.63) is 23.8 Å². The number of methoxy groups -OCH3 is 1. The minimum absolute atomic E-state index is 0.147. The number of anilines is 1. The number of hydrogen-bond acceptors (Lipinski definition) is 4. The lowest BCUT2D eigenvalue weighted by Crippen LogP contribution is -2.29. The second-order valence-corrected chi connectivity index (χ2v) is 4.99. The lowest BCUT2D eigenvalue weighted by molar-refractivity contribution is 0.0955. The second kappa shape index (κ2) is 6.39. The largest absolute Gasteiger partial charge is 0.497 e. The van der Waals surface area contributed by atoms with Gasteiger partial charge in [-0.15, -0.1) is 0 Å². The van der Waals surface area contributed by atoms with Gasteiger partial charge in [-0.2, -0.15) is 11.8 Å². The fraction of sp³-hybridized carbons (Fsp3) is 0.417. The van der Waals surface area contributed by atoms with Crippen LogP contribution in [0.3, 0.4) is 0 Å². The Bertz CT molecular complexity index is 396. The van der Waals surface area contributed by atoms with Crippen LogP contribution in [-0.2, 0) is 0 Å². The summed E-state index contributed by atoms with van der Waals surface area (Å²) in [5, 5.41) is 3.23. The van der Waals surface area contributed by atoms with Crippen molar-refractivity contribution < 1.29 is 9.53 Å². The molecule has 0 heterocycles. The SMILES string of the molecule is COc1ccc(C(=O)NCC(C)SC)c(N)c1. The molecule has 0 aliphatic rings. The number of carbonyl (C=O) groups is 1. The van der Waals surface area contributed by atoms with Crippen molar-refractivity contribution in [3.8, 4) is 5.75 Å². The summed E-state index contributed by atoms with van der Waals surface area (Å²) in [5.41, 5.74) is 6.71. The van der Waals surface area contributed by atoms with Gasteiger partial charge in [-0.05, 0) is 18.4 Å². The maximum absolute atomic E-state index is 11.8. The number of benzene rings is 1. The average molecular weight is 254 g/mol. The Kier molecular flexibility index (Phi) is 5.15. The van der Waals surface area contributed by atoms with Gasteiger partial charge in [0, 0.05) is 23.5 Å². The highest BCUT2D eigenvalue weighted by atomic mass is 32.2. The van der Waals surface area contributed by atoms with Gasteiger partial charge < -0.3 is 15.8 Å². The van der Waals surface area contributed by atoms with E-state index in [-0.39, 0.29) is 5.91 Å². The first-order chi connectivity index (χ1) is 8.08. The maximum atomic E-state index is 11.8. The molecule has 17 heavy (non-hydrogen) atoms. The second-order valence-electron chi connectivity index (χ2n) is 3.71. The Balaban J connectivity index is 2.69. The molecule has 3 N–H and O–H groups in total. The topological polar surface area (TPSA) is 64.3 Å². The zero-order valence-electron chi connectivity index (χ0n) is 10.3. The average Bonchev–Trinajstić information content (AvgIpc) is 2.35. The molecule has 1 rings (SSSR count). The third-order valence-electron chi connectivity index (χ3n) is 2.46. The van der Waals surface area contributed by atoms with Crippen LogP contribution < -0.4 is 15.8 Å². The van der Waals surface area contributed by atoms with Crippen molar-refractivity contribution in [3.63, 3.8) is 0 Å². The standard InChI is InChI=1S/C12H18N2O2S/c1-8(17-3)7-14-12(15)10-5-4-9(16-2)6-11(10)13/h4-6,8H,7,13H2,1-3H3,(H,14,15). The first-order valence-corrected chi connectivity index (χ1v) is 6.61. The van der Waals surface area contributed by atoms with Gasteiger partial charge in [0.2, 0.25) is 0 Å². The number of carbonyl (C=O) groups excluding carboxylic acids is 1. The quantitative estimate of drug-likeness (QED) is 0.786. The van der Waals surface area contributed by atoms with Crippen LogP contribution in [0.25, 0.3) is 0 Å². The van der Waals surface area contributed by atoms with Crippen LogP contribution in [0.15, 0.2) is 18.2 Å². The smallest absolute Gasteiger partial charge is 0.253 e. The van der Waals surface area contributed by atoms with Crippen molar-refractivity contribution in [2.45, 2.75) is 12.2 Å². The van der Waals surface area contributed by atoms with E-state index in [9.17, 15) is 4.79 Å². The summed E-state index contributed by atoms with van der Waals surface area (Å²) in [6, 6.07) is 5.05. The van der Waals surface area contributed by atoms with Gasteiger partial charge in [0.25, 0.3) is 5.91 Å². The van der Waals surface area contributed by atoms with E-state index in [2.05, 4.69) is 12.2 Å². The Labute approximate surface area is 106 Å². The number of nitrogens with two attached hydrogens (primary N) is 1. The molecule has 1 aromatic carbocycles. The number of nitrogens with one attached hydrogen (secondary N) is 1. The highest BCUT2D eigenvalue weighted by Gasteiger charge is 2.11. The Morgan fingerprint density at radius 2 is 2.29 bits per heavy atom. The number of ether oxygens (including phenoxy) is 1. The monoisotopic (exact) mass is 254 g/mol. The summed E-state index contributed by atoms with van der Waals surface area (Å²) in [7, 11) is 1.56. The predicted octanol–water partition coefficient (Wildman–Crippen LogP) is 1.76. The molecule has 1 unspecified atom stereocenters. The lowest BCUT2D eigenvalue weighted by atomic mass is 10.1. The molecular weight excluding hydrogens is 236 g/mol. The highest BCUT2D eigenvalue weighted by molar-refractivity contribution is 7.99. The van der Waals surface area contributed by atoms with Crippen LogP contribution >= 0.6 is 11.8 Å². The molecule has 0 saturated carbocycles. The first-order valence-electron chi connectivity index (χ1n) is 5.33. The van der Waals surface area contributed by atoms with E-state index in [4.69, 9.17) is 10.5 Å². The molecule has 94 valence electrons. The highest BCUT2D eigenvalue weighted by Crippen LogP contribution is 2.19. The third-order valence-corrected chi connectivity index (χ3v) is 3.43. The molecule has 0 radical (unpaired) electrons. The molecule has 0 fully saturated rings. The summed E-state index contributed by atoms with van der Waals surface area (Å²) in [6.07, 6.45) is 2.01. The van der Waals surface area contributed by atoms with Crippen molar-refractivity contribution >= 4 is 23.4 Å². The molecule has 0 bridgehead atoms. The zero-order chi connectivity index (χ0) is 12.8. The van der Waals surface area contributed by atoms with Crippen LogP contribution in [-0.4, -0.2) is 31.1 Å². The third kappa shape index (κ3) is 3.85. The molecule has 1 amide bonds. The molecule has 1 atom stereocenters. The first kappa shape index (κ1) is 13.7. The fourth-order valence-corrected chi connectivity index (χ4v) is 1.54. The molecular formula is C12H18N2O2S. The normalized spacial score (nSPS) is 11.9.